The van der Waals surface area contributed by atoms with Crippen LogP contribution in [0.15, 0.2) is 59.6 Å². The highest BCUT2D eigenvalue weighted by atomic mass is 32.2. The van der Waals surface area contributed by atoms with Crippen LogP contribution in [-0.4, -0.2) is 50.4 Å². The standard InChI is InChI=1S/C24H27N3O5S/c1-3-32-19-8-6-18(7-9-19)26-24(28)17-12-15-27(16-13-17)33(29,30)22-11-10-21(31-2)23-20(22)5-4-14-25-23/h4-11,14,17H,3,12-13,15-16H2,1-2H3,(H,26,28). The minimum Gasteiger partial charge on any atom is -0.494 e. The minimum atomic E-state index is -3.74. The van der Waals surface area contributed by atoms with Crippen molar-refractivity contribution >= 4 is 32.5 Å². The minimum absolute atomic E-state index is 0.102. The number of rotatable bonds is 7. The smallest absolute Gasteiger partial charge is 0.243 e. The van der Waals surface area contributed by atoms with Gasteiger partial charge in [0.05, 0.1) is 18.6 Å². The van der Waals surface area contributed by atoms with Crippen LogP contribution in [0.4, 0.5) is 5.69 Å². The van der Waals surface area contributed by atoms with Gasteiger partial charge in [0.2, 0.25) is 15.9 Å². The van der Waals surface area contributed by atoms with Crippen molar-refractivity contribution in [1.29, 1.82) is 0 Å². The number of anilines is 1. The zero-order chi connectivity index (χ0) is 23.4. The molecule has 4 rings (SSSR count). The number of pyridine rings is 1. The number of carbonyl (C=O) groups excluding carboxylic acids is 1. The second-order valence-corrected chi connectivity index (χ2v) is 9.70. The molecule has 33 heavy (non-hydrogen) atoms. The number of hydrogen-bond acceptors (Lipinski definition) is 6. The molecule has 1 aliphatic heterocycles. The summed E-state index contributed by atoms with van der Waals surface area (Å²) in [6, 6.07) is 13.8. The van der Waals surface area contributed by atoms with E-state index in [2.05, 4.69) is 10.3 Å². The zero-order valence-corrected chi connectivity index (χ0v) is 19.5. The maximum atomic E-state index is 13.4. The summed E-state index contributed by atoms with van der Waals surface area (Å²) in [4.78, 5) is 17.2. The van der Waals surface area contributed by atoms with Gasteiger partial charge in [0.15, 0.2) is 0 Å². The molecule has 1 fully saturated rings. The normalized spacial score (nSPS) is 15.3. The number of aromatic nitrogens is 1. The summed E-state index contributed by atoms with van der Waals surface area (Å²) in [6.07, 6.45) is 2.51. The third-order valence-corrected chi connectivity index (χ3v) is 7.74. The molecule has 1 aliphatic rings. The van der Waals surface area contributed by atoms with Gasteiger partial charge in [-0.3, -0.25) is 9.78 Å². The Hall–Kier alpha value is -3.17. The average molecular weight is 470 g/mol. The van der Waals surface area contributed by atoms with E-state index in [-0.39, 0.29) is 29.8 Å². The van der Waals surface area contributed by atoms with E-state index >= 15 is 0 Å². The van der Waals surface area contributed by atoms with Crippen LogP contribution in [0.2, 0.25) is 0 Å². The summed E-state index contributed by atoms with van der Waals surface area (Å²) < 4.78 is 39.0. The highest BCUT2D eigenvalue weighted by Gasteiger charge is 2.33. The summed E-state index contributed by atoms with van der Waals surface area (Å²) in [6.45, 7) is 3.04. The molecule has 9 heteroatoms. The second-order valence-electron chi connectivity index (χ2n) is 7.79. The summed E-state index contributed by atoms with van der Waals surface area (Å²) in [5.41, 5.74) is 1.20. The number of methoxy groups -OCH3 is 1. The molecule has 0 aliphatic carbocycles. The number of ether oxygens (including phenoxy) is 2. The molecule has 3 aromatic rings. The first-order valence-electron chi connectivity index (χ1n) is 10.9. The lowest BCUT2D eigenvalue weighted by molar-refractivity contribution is -0.120. The number of fused-ring (bicyclic) bond motifs is 1. The number of amides is 1. The quantitative estimate of drug-likeness (QED) is 0.567. The number of hydrogen-bond donors (Lipinski definition) is 1. The fourth-order valence-corrected chi connectivity index (χ4v) is 5.71. The Morgan fingerprint density at radius 3 is 2.52 bits per heavy atom. The molecule has 0 radical (unpaired) electrons. The monoisotopic (exact) mass is 469 g/mol. The van der Waals surface area contributed by atoms with Crippen LogP contribution in [-0.2, 0) is 14.8 Å². The van der Waals surface area contributed by atoms with Gasteiger partial charge in [0.25, 0.3) is 0 Å². The van der Waals surface area contributed by atoms with Crippen molar-refractivity contribution < 1.29 is 22.7 Å². The van der Waals surface area contributed by atoms with Gasteiger partial charge in [-0.15, -0.1) is 0 Å². The van der Waals surface area contributed by atoms with Crippen LogP contribution >= 0.6 is 0 Å². The molecule has 1 aromatic heterocycles. The molecule has 0 saturated carbocycles. The highest BCUT2D eigenvalue weighted by molar-refractivity contribution is 7.89. The van der Waals surface area contributed by atoms with Gasteiger partial charge in [-0.2, -0.15) is 4.31 Å². The molecule has 0 spiro atoms. The Morgan fingerprint density at radius 1 is 1.12 bits per heavy atom. The van der Waals surface area contributed by atoms with Gasteiger partial charge in [-0.1, -0.05) is 0 Å². The van der Waals surface area contributed by atoms with Crippen molar-refractivity contribution in [2.45, 2.75) is 24.7 Å². The number of sulfonamides is 1. The van der Waals surface area contributed by atoms with E-state index in [4.69, 9.17) is 9.47 Å². The van der Waals surface area contributed by atoms with Gasteiger partial charge < -0.3 is 14.8 Å². The Bertz CT molecular complexity index is 1240. The van der Waals surface area contributed by atoms with Crippen LogP contribution in [0.25, 0.3) is 10.9 Å². The van der Waals surface area contributed by atoms with Crippen LogP contribution in [0.3, 0.4) is 0 Å². The van der Waals surface area contributed by atoms with Crippen molar-refractivity contribution in [3.8, 4) is 11.5 Å². The molecular formula is C24H27N3O5S. The van der Waals surface area contributed by atoms with Crippen molar-refractivity contribution in [3.05, 3.63) is 54.7 Å². The van der Waals surface area contributed by atoms with Crippen LogP contribution in [0.1, 0.15) is 19.8 Å². The summed E-state index contributed by atoms with van der Waals surface area (Å²) in [7, 11) is -2.21. The van der Waals surface area contributed by atoms with Gasteiger partial charge in [-0.05, 0) is 68.3 Å². The molecule has 174 valence electrons. The van der Waals surface area contributed by atoms with Crippen molar-refractivity contribution in [3.63, 3.8) is 0 Å². The largest absolute Gasteiger partial charge is 0.494 e. The molecule has 8 nitrogen and oxygen atoms in total. The predicted octanol–water partition coefficient (Wildman–Crippen LogP) is 3.68. The van der Waals surface area contributed by atoms with E-state index in [1.54, 1.807) is 42.6 Å². The third kappa shape index (κ3) is 4.79. The van der Waals surface area contributed by atoms with Crippen molar-refractivity contribution in [2.24, 2.45) is 5.92 Å². The lowest BCUT2D eigenvalue weighted by Gasteiger charge is -2.31. The van der Waals surface area contributed by atoms with Crippen LogP contribution < -0.4 is 14.8 Å². The van der Waals surface area contributed by atoms with Crippen LogP contribution in [0.5, 0.6) is 11.5 Å². The number of piperidine rings is 1. The molecule has 2 aromatic carbocycles. The van der Waals surface area contributed by atoms with E-state index < -0.39 is 10.0 Å². The Labute approximate surface area is 193 Å². The number of nitrogens with one attached hydrogen (secondary N) is 1. The summed E-state index contributed by atoms with van der Waals surface area (Å²) >= 11 is 0. The molecule has 0 bridgehead atoms. The molecular weight excluding hydrogens is 442 g/mol. The Morgan fingerprint density at radius 2 is 1.85 bits per heavy atom. The Balaban J connectivity index is 1.44. The van der Waals surface area contributed by atoms with E-state index in [0.29, 0.717) is 41.8 Å². The van der Waals surface area contributed by atoms with Crippen molar-refractivity contribution in [1.82, 2.24) is 9.29 Å². The molecule has 0 atom stereocenters. The van der Waals surface area contributed by atoms with Crippen molar-refractivity contribution in [2.75, 3.05) is 32.1 Å². The Kier molecular flexibility index (Phi) is 6.80. The van der Waals surface area contributed by atoms with Gasteiger partial charge >= 0.3 is 0 Å². The first-order chi connectivity index (χ1) is 15.9. The predicted molar refractivity (Wildman–Crippen MR) is 126 cm³/mol. The van der Waals surface area contributed by atoms with E-state index in [1.165, 1.54) is 11.4 Å². The van der Waals surface area contributed by atoms with Gasteiger partial charge in [0.1, 0.15) is 17.0 Å². The van der Waals surface area contributed by atoms with Gasteiger partial charge in [0, 0.05) is 36.3 Å². The number of nitrogens with zero attached hydrogens (tertiary/aromatic N) is 2. The number of benzene rings is 2. The average Bonchev–Trinajstić information content (AvgIpc) is 2.84. The number of carbonyl (C=O) groups is 1. The first-order valence-corrected chi connectivity index (χ1v) is 12.3. The SMILES string of the molecule is CCOc1ccc(NC(=O)C2CCN(S(=O)(=O)c3ccc(OC)c4ncccc34)CC2)cc1. The lowest BCUT2D eigenvalue weighted by atomic mass is 9.97. The molecule has 2 heterocycles. The van der Waals surface area contributed by atoms with Crippen LogP contribution in [0, 0.1) is 5.92 Å². The maximum absolute atomic E-state index is 13.4. The summed E-state index contributed by atoms with van der Waals surface area (Å²) in [5.74, 6) is 0.914. The maximum Gasteiger partial charge on any atom is 0.243 e. The van der Waals surface area contributed by atoms with E-state index in [0.717, 1.165) is 5.75 Å². The summed E-state index contributed by atoms with van der Waals surface area (Å²) in [5, 5.41) is 3.44. The second kappa shape index (κ2) is 9.76. The zero-order valence-electron chi connectivity index (χ0n) is 18.7. The highest BCUT2D eigenvalue weighted by Crippen LogP contribution is 2.32. The molecule has 1 N–H and O–H groups in total. The lowest BCUT2D eigenvalue weighted by Crippen LogP contribution is -2.41. The van der Waals surface area contributed by atoms with E-state index in [1.807, 2.05) is 19.1 Å². The van der Waals surface area contributed by atoms with E-state index in [9.17, 15) is 13.2 Å². The third-order valence-electron chi connectivity index (χ3n) is 5.79. The molecule has 1 amide bonds. The topological polar surface area (TPSA) is 97.8 Å². The fraction of sp³-hybridized carbons (Fsp3) is 0.333. The first kappa shape index (κ1) is 23.0. The fourth-order valence-electron chi connectivity index (χ4n) is 4.05. The molecule has 0 unspecified atom stereocenters. The molecule has 1 saturated heterocycles. The van der Waals surface area contributed by atoms with Gasteiger partial charge in [-0.25, -0.2) is 8.42 Å².